The zero-order valence-corrected chi connectivity index (χ0v) is 18.5. The van der Waals surface area contributed by atoms with Crippen LogP contribution in [0, 0.1) is 6.92 Å². The van der Waals surface area contributed by atoms with E-state index in [9.17, 15) is 9.90 Å². The Bertz CT molecular complexity index is 1010. The number of rotatable bonds is 7. The molecule has 4 rings (SSSR count). The lowest BCUT2D eigenvalue weighted by Crippen LogP contribution is -2.52. The number of aliphatic hydroxyl groups excluding tert-OH is 1. The lowest BCUT2D eigenvalue weighted by molar-refractivity contribution is 0.0504. The van der Waals surface area contributed by atoms with Crippen LogP contribution in [0.2, 0.25) is 0 Å². The van der Waals surface area contributed by atoms with Gasteiger partial charge in [0.1, 0.15) is 0 Å². The van der Waals surface area contributed by atoms with Gasteiger partial charge >= 0.3 is 0 Å². The number of aromatic nitrogens is 2. The highest BCUT2D eigenvalue weighted by molar-refractivity contribution is 7.09. The van der Waals surface area contributed by atoms with Crippen molar-refractivity contribution in [3.8, 4) is 5.69 Å². The molecule has 6 nitrogen and oxygen atoms in total. The number of aliphatic hydroxyl groups is 1. The van der Waals surface area contributed by atoms with Crippen molar-refractivity contribution in [3.05, 3.63) is 74.3 Å². The second kappa shape index (κ2) is 9.31. The van der Waals surface area contributed by atoms with E-state index in [1.54, 1.807) is 16.0 Å². The van der Waals surface area contributed by atoms with E-state index in [0.717, 1.165) is 49.5 Å². The van der Waals surface area contributed by atoms with Crippen LogP contribution in [0.1, 0.15) is 22.6 Å². The van der Waals surface area contributed by atoms with Crippen molar-refractivity contribution in [2.24, 2.45) is 7.05 Å². The van der Waals surface area contributed by atoms with Crippen LogP contribution in [-0.2, 0) is 20.1 Å². The van der Waals surface area contributed by atoms with Gasteiger partial charge < -0.3 is 5.11 Å². The normalized spacial score (nSPS) is 18.2. The predicted molar refractivity (Wildman–Crippen MR) is 121 cm³/mol. The topological polar surface area (TPSA) is 53.6 Å². The standard InChI is InChI=1S/C23H30N4O2S/c1-18-22(23(29)27(24(18)2)19-7-4-3-5-8-19)17-25-11-12-26(20(15-25)10-13-28)16-21-9-6-14-30-21/h3-9,14,20,28H,10-13,15-17H2,1-2H3. The first-order valence-electron chi connectivity index (χ1n) is 10.5. The molecule has 0 amide bonds. The summed E-state index contributed by atoms with van der Waals surface area (Å²) in [5.41, 5.74) is 2.80. The molecule has 1 N–H and O–H groups in total. The molecule has 1 aromatic carbocycles. The summed E-state index contributed by atoms with van der Waals surface area (Å²) in [6, 6.07) is 14.4. The maximum absolute atomic E-state index is 13.2. The smallest absolute Gasteiger partial charge is 0.276 e. The zero-order valence-electron chi connectivity index (χ0n) is 17.7. The number of benzene rings is 1. The molecule has 3 heterocycles. The average molecular weight is 427 g/mol. The molecule has 1 aliphatic rings. The van der Waals surface area contributed by atoms with Gasteiger partial charge in [0.15, 0.2) is 0 Å². The minimum atomic E-state index is 0.0564. The number of hydrogen-bond acceptors (Lipinski definition) is 5. The number of thiophene rings is 1. The van der Waals surface area contributed by atoms with Gasteiger partial charge in [-0.1, -0.05) is 24.3 Å². The van der Waals surface area contributed by atoms with Crippen LogP contribution >= 0.6 is 11.3 Å². The molecule has 0 spiro atoms. The van der Waals surface area contributed by atoms with Gasteiger partial charge in [-0.2, -0.15) is 0 Å². The minimum Gasteiger partial charge on any atom is -0.396 e. The Morgan fingerprint density at radius 2 is 1.90 bits per heavy atom. The van der Waals surface area contributed by atoms with Gasteiger partial charge in [0.05, 0.1) is 11.3 Å². The van der Waals surface area contributed by atoms with Crippen LogP contribution in [0.15, 0.2) is 52.6 Å². The molecule has 1 aliphatic heterocycles. The Kier molecular flexibility index (Phi) is 6.53. The molecule has 0 bridgehead atoms. The molecule has 0 saturated carbocycles. The van der Waals surface area contributed by atoms with E-state index in [2.05, 4.69) is 27.3 Å². The lowest BCUT2D eigenvalue weighted by Gasteiger charge is -2.41. The Morgan fingerprint density at radius 1 is 1.10 bits per heavy atom. The van der Waals surface area contributed by atoms with E-state index >= 15 is 0 Å². The van der Waals surface area contributed by atoms with Gasteiger partial charge in [-0.25, -0.2) is 4.68 Å². The molecule has 0 radical (unpaired) electrons. The Hall–Kier alpha value is -2.19. The fourth-order valence-corrected chi connectivity index (χ4v) is 5.09. The zero-order chi connectivity index (χ0) is 21.1. The van der Waals surface area contributed by atoms with Crippen molar-refractivity contribution in [1.82, 2.24) is 19.2 Å². The van der Waals surface area contributed by atoms with Crippen LogP contribution in [-0.4, -0.2) is 56.6 Å². The van der Waals surface area contributed by atoms with E-state index in [1.165, 1.54) is 4.88 Å². The van der Waals surface area contributed by atoms with Gasteiger partial charge in [0, 0.05) is 63.0 Å². The molecule has 0 aliphatic carbocycles. The third-order valence-corrected chi connectivity index (χ3v) is 7.01. The Labute approximate surface area is 181 Å². The van der Waals surface area contributed by atoms with E-state index in [1.807, 2.05) is 49.0 Å². The highest BCUT2D eigenvalue weighted by Gasteiger charge is 2.28. The fourth-order valence-electron chi connectivity index (χ4n) is 4.36. The SMILES string of the molecule is Cc1c(CN2CCN(Cc3cccs3)C(CCO)C2)c(=O)n(-c2ccccc2)n1C. The second-order valence-electron chi connectivity index (χ2n) is 7.99. The highest BCUT2D eigenvalue weighted by atomic mass is 32.1. The minimum absolute atomic E-state index is 0.0564. The molecule has 1 atom stereocenters. The van der Waals surface area contributed by atoms with Crippen LogP contribution in [0.25, 0.3) is 5.69 Å². The maximum atomic E-state index is 13.2. The fraction of sp³-hybridized carbons (Fsp3) is 0.435. The Morgan fingerprint density at radius 3 is 2.60 bits per heavy atom. The molecule has 30 heavy (non-hydrogen) atoms. The summed E-state index contributed by atoms with van der Waals surface area (Å²) in [4.78, 5) is 19.4. The first-order valence-corrected chi connectivity index (χ1v) is 11.4. The second-order valence-corrected chi connectivity index (χ2v) is 9.02. The molecule has 7 heteroatoms. The van der Waals surface area contributed by atoms with Crippen LogP contribution in [0.3, 0.4) is 0 Å². The molecular weight excluding hydrogens is 396 g/mol. The largest absolute Gasteiger partial charge is 0.396 e. The molecule has 1 unspecified atom stereocenters. The van der Waals surface area contributed by atoms with Gasteiger partial charge in [-0.15, -0.1) is 11.3 Å². The van der Waals surface area contributed by atoms with E-state index in [-0.39, 0.29) is 12.2 Å². The van der Waals surface area contributed by atoms with Gasteiger partial charge in [-0.05, 0) is 36.9 Å². The van der Waals surface area contributed by atoms with E-state index < -0.39 is 0 Å². The van der Waals surface area contributed by atoms with Crippen LogP contribution in [0.4, 0.5) is 0 Å². The van der Waals surface area contributed by atoms with Crippen molar-refractivity contribution in [3.63, 3.8) is 0 Å². The first-order chi connectivity index (χ1) is 14.6. The monoisotopic (exact) mass is 426 g/mol. The van der Waals surface area contributed by atoms with Crippen molar-refractivity contribution in [2.45, 2.75) is 32.5 Å². The molecule has 1 saturated heterocycles. The van der Waals surface area contributed by atoms with Crippen molar-refractivity contribution in [1.29, 1.82) is 0 Å². The highest BCUT2D eigenvalue weighted by Crippen LogP contribution is 2.21. The summed E-state index contributed by atoms with van der Waals surface area (Å²) in [5.74, 6) is 0. The molecule has 160 valence electrons. The summed E-state index contributed by atoms with van der Waals surface area (Å²) < 4.78 is 3.70. The average Bonchev–Trinajstić information content (AvgIpc) is 3.33. The van der Waals surface area contributed by atoms with Crippen molar-refractivity contribution >= 4 is 11.3 Å². The quantitative estimate of drug-likeness (QED) is 0.631. The van der Waals surface area contributed by atoms with Gasteiger partial charge in [0.2, 0.25) is 0 Å². The molecule has 3 aromatic rings. The third kappa shape index (κ3) is 4.30. The summed E-state index contributed by atoms with van der Waals surface area (Å²) in [6.07, 6.45) is 0.754. The summed E-state index contributed by atoms with van der Waals surface area (Å²) >= 11 is 1.78. The maximum Gasteiger partial charge on any atom is 0.276 e. The number of hydrogen-bond donors (Lipinski definition) is 1. The molecule has 1 fully saturated rings. The van der Waals surface area contributed by atoms with Gasteiger partial charge in [-0.3, -0.25) is 19.3 Å². The van der Waals surface area contributed by atoms with Crippen LogP contribution in [0.5, 0.6) is 0 Å². The van der Waals surface area contributed by atoms with E-state index in [0.29, 0.717) is 12.6 Å². The molecular formula is C23H30N4O2S. The van der Waals surface area contributed by atoms with Crippen molar-refractivity contribution in [2.75, 3.05) is 26.2 Å². The summed E-state index contributed by atoms with van der Waals surface area (Å²) in [6.45, 7) is 6.52. The lowest BCUT2D eigenvalue weighted by atomic mass is 10.1. The summed E-state index contributed by atoms with van der Waals surface area (Å²) in [5, 5.41) is 11.7. The predicted octanol–water partition coefficient (Wildman–Crippen LogP) is 2.61. The van der Waals surface area contributed by atoms with E-state index in [4.69, 9.17) is 0 Å². The first kappa shape index (κ1) is 21.1. The number of piperazine rings is 1. The Balaban J connectivity index is 1.52. The van der Waals surface area contributed by atoms with Crippen LogP contribution < -0.4 is 5.56 Å². The summed E-state index contributed by atoms with van der Waals surface area (Å²) in [7, 11) is 1.95. The third-order valence-electron chi connectivity index (χ3n) is 6.15. The number of nitrogens with zero attached hydrogens (tertiary/aromatic N) is 4. The molecule has 2 aromatic heterocycles. The number of para-hydroxylation sites is 1. The van der Waals surface area contributed by atoms with Gasteiger partial charge in [0.25, 0.3) is 5.56 Å². The van der Waals surface area contributed by atoms with Crippen molar-refractivity contribution < 1.29 is 5.11 Å².